The van der Waals surface area contributed by atoms with Crippen molar-refractivity contribution in [2.24, 2.45) is 0 Å². The van der Waals surface area contributed by atoms with Crippen LogP contribution in [0.25, 0.3) is 32.9 Å². The number of nitrogens with one attached hydrogen (secondary N) is 2. The zero-order valence-corrected chi connectivity index (χ0v) is 12.2. The SMILES string of the molecule is CNc1cc2c(cc1-c1ccccc1)[nH]c1ccc(F)cc12. The van der Waals surface area contributed by atoms with Crippen LogP contribution in [0.15, 0.2) is 60.7 Å². The quantitative estimate of drug-likeness (QED) is 0.524. The first-order valence-corrected chi connectivity index (χ1v) is 7.24. The Labute approximate surface area is 127 Å². The van der Waals surface area contributed by atoms with Crippen molar-refractivity contribution in [3.8, 4) is 11.1 Å². The van der Waals surface area contributed by atoms with E-state index in [4.69, 9.17) is 0 Å². The molecule has 4 aromatic rings. The van der Waals surface area contributed by atoms with Crippen molar-refractivity contribution in [3.63, 3.8) is 0 Å². The van der Waals surface area contributed by atoms with Gasteiger partial charge in [-0.15, -0.1) is 0 Å². The lowest BCUT2D eigenvalue weighted by molar-refractivity contribution is 0.630. The standard InChI is InChI=1S/C19H15FN2/c1-21-18-11-16-15-9-13(20)7-8-17(15)22-19(16)10-14(18)12-5-3-2-4-6-12/h2-11,21-22H,1H3. The summed E-state index contributed by atoms with van der Waals surface area (Å²) in [5.41, 5.74) is 5.27. The minimum absolute atomic E-state index is 0.216. The Morgan fingerprint density at radius 2 is 1.64 bits per heavy atom. The van der Waals surface area contributed by atoms with E-state index in [0.29, 0.717) is 0 Å². The Hall–Kier alpha value is -2.81. The minimum Gasteiger partial charge on any atom is -0.388 e. The predicted molar refractivity (Wildman–Crippen MR) is 90.7 cm³/mol. The van der Waals surface area contributed by atoms with E-state index in [2.05, 4.69) is 34.6 Å². The van der Waals surface area contributed by atoms with Gasteiger partial charge in [0.25, 0.3) is 0 Å². The van der Waals surface area contributed by atoms with Crippen LogP contribution in [0, 0.1) is 5.82 Å². The molecule has 3 aromatic carbocycles. The fourth-order valence-electron chi connectivity index (χ4n) is 2.98. The summed E-state index contributed by atoms with van der Waals surface area (Å²) in [6, 6.07) is 19.3. The van der Waals surface area contributed by atoms with Gasteiger partial charge in [-0.3, -0.25) is 0 Å². The molecule has 1 heterocycles. The van der Waals surface area contributed by atoms with Gasteiger partial charge in [0.2, 0.25) is 0 Å². The molecular formula is C19H15FN2. The zero-order chi connectivity index (χ0) is 15.1. The van der Waals surface area contributed by atoms with Crippen LogP contribution in [0.1, 0.15) is 0 Å². The van der Waals surface area contributed by atoms with E-state index in [1.165, 1.54) is 6.07 Å². The van der Waals surface area contributed by atoms with E-state index in [9.17, 15) is 4.39 Å². The Morgan fingerprint density at radius 1 is 0.864 bits per heavy atom. The van der Waals surface area contributed by atoms with Crippen LogP contribution in [0.5, 0.6) is 0 Å². The van der Waals surface area contributed by atoms with Crippen molar-refractivity contribution >= 4 is 27.5 Å². The average molecular weight is 290 g/mol. The van der Waals surface area contributed by atoms with Gasteiger partial charge in [0.1, 0.15) is 5.82 Å². The number of H-pyrrole nitrogens is 1. The van der Waals surface area contributed by atoms with Gasteiger partial charge in [-0.1, -0.05) is 30.3 Å². The van der Waals surface area contributed by atoms with Crippen molar-refractivity contribution in [1.29, 1.82) is 0 Å². The topological polar surface area (TPSA) is 27.8 Å². The highest BCUT2D eigenvalue weighted by atomic mass is 19.1. The second-order valence-corrected chi connectivity index (χ2v) is 5.37. The van der Waals surface area contributed by atoms with Crippen LogP contribution < -0.4 is 5.32 Å². The predicted octanol–water partition coefficient (Wildman–Crippen LogP) is 5.17. The highest BCUT2D eigenvalue weighted by Crippen LogP contribution is 2.35. The molecule has 0 fully saturated rings. The molecular weight excluding hydrogens is 275 g/mol. The van der Waals surface area contributed by atoms with E-state index >= 15 is 0 Å². The van der Waals surface area contributed by atoms with E-state index < -0.39 is 0 Å². The fourth-order valence-corrected chi connectivity index (χ4v) is 2.98. The molecule has 108 valence electrons. The maximum Gasteiger partial charge on any atom is 0.123 e. The summed E-state index contributed by atoms with van der Waals surface area (Å²) in [7, 11) is 1.91. The van der Waals surface area contributed by atoms with Crippen molar-refractivity contribution < 1.29 is 4.39 Å². The maximum absolute atomic E-state index is 13.5. The van der Waals surface area contributed by atoms with E-state index in [1.807, 2.05) is 25.2 Å². The molecule has 0 atom stereocenters. The second kappa shape index (κ2) is 4.88. The molecule has 0 saturated heterocycles. The van der Waals surface area contributed by atoms with Crippen LogP contribution in [0.3, 0.4) is 0 Å². The van der Waals surface area contributed by atoms with Gasteiger partial charge in [0, 0.05) is 40.1 Å². The molecule has 1 aromatic heterocycles. The van der Waals surface area contributed by atoms with Gasteiger partial charge >= 0.3 is 0 Å². The van der Waals surface area contributed by atoms with Crippen LogP contribution in [0.4, 0.5) is 10.1 Å². The van der Waals surface area contributed by atoms with E-state index in [-0.39, 0.29) is 5.82 Å². The molecule has 2 nitrogen and oxygen atoms in total. The minimum atomic E-state index is -0.216. The summed E-state index contributed by atoms with van der Waals surface area (Å²) in [6.45, 7) is 0. The first kappa shape index (κ1) is 12.9. The first-order chi connectivity index (χ1) is 10.8. The number of fused-ring (bicyclic) bond motifs is 3. The summed E-state index contributed by atoms with van der Waals surface area (Å²) in [4.78, 5) is 3.37. The summed E-state index contributed by atoms with van der Waals surface area (Å²) in [6.07, 6.45) is 0. The maximum atomic E-state index is 13.5. The Balaban J connectivity index is 2.05. The number of rotatable bonds is 2. The Bertz CT molecular complexity index is 971. The molecule has 0 amide bonds. The third-order valence-electron chi connectivity index (χ3n) is 4.05. The van der Waals surface area contributed by atoms with Gasteiger partial charge in [0.05, 0.1) is 0 Å². The lowest BCUT2D eigenvalue weighted by atomic mass is 10.0. The fraction of sp³-hybridized carbons (Fsp3) is 0.0526. The van der Waals surface area contributed by atoms with Crippen molar-refractivity contribution in [3.05, 3.63) is 66.5 Å². The number of hydrogen-bond acceptors (Lipinski definition) is 1. The van der Waals surface area contributed by atoms with Crippen molar-refractivity contribution in [2.45, 2.75) is 0 Å². The highest BCUT2D eigenvalue weighted by Gasteiger charge is 2.11. The number of aromatic nitrogens is 1. The van der Waals surface area contributed by atoms with Crippen LogP contribution >= 0.6 is 0 Å². The largest absolute Gasteiger partial charge is 0.388 e. The van der Waals surface area contributed by atoms with Crippen LogP contribution in [0.2, 0.25) is 0 Å². The number of hydrogen-bond donors (Lipinski definition) is 2. The third kappa shape index (κ3) is 1.94. The van der Waals surface area contributed by atoms with Gasteiger partial charge < -0.3 is 10.3 Å². The van der Waals surface area contributed by atoms with Gasteiger partial charge in [0.15, 0.2) is 0 Å². The van der Waals surface area contributed by atoms with E-state index in [0.717, 1.165) is 38.6 Å². The summed E-state index contributed by atoms with van der Waals surface area (Å²) in [5.74, 6) is -0.216. The monoisotopic (exact) mass is 290 g/mol. The molecule has 3 heteroatoms. The second-order valence-electron chi connectivity index (χ2n) is 5.37. The molecule has 0 aliphatic heterocycles. The third-order valence-corrected chi connectivity index (χ3v) is 4.05. The van der Waals surface area contributed by atoms with Gasteiger partial charge in [-0.05, 0) is 35.9 Å². The molecule has 4 rings (SSSR count). The smallest absolute Gasteiger partial charge is 0.123 e. The van der Waals surface area contributed by atoms with Crippen LogP contribution in [-0.2, 0) is 0 Å². The Kier molecular flexibility index (Phi) is 2.86. The molecule has 0 radical (unpaired) electrons. The lowest BCUT2D eigenvalue weighted by Crippen LogP contribution is -1.92. The number of benzene rings is 3. The summed E-state index contributed by atoms with van der Waals surface area (Å²) >= 11 is 0. The lowest BCUT2D eigenvalue weighted by Gasteiger charge is -2.10. The van der Waals surface area contributed by atoms with Crippen LogP contribution in [-0.4, -0.2) is 12.0 Å². The molecule has 2 N–H and O–H groups in total. The molecule has 0 spiro atoms. The van der Waals surface area contributed by atoms with Crippen molar-refractivity contribution in [2.75, 3.05) is 12.4 Å². The molecule has 0 aliphatic rings. The average Bonchev–Trinajstić information content (AvgIpc) is 2.91. The molecule has 0 saturated carbocycles. The Morgan fingerprint density at radius 3 is 2.41 bits per heavy atom. The molecule has 22 heavy (non-hydrogen) atoms. The van der Waals surface area contributed by atoms with Gasteiger partial charge in [-0.25, -0.2) is 4.39 Å². The normalized spacial score (nSPS) is 11.2. The first-order valence-electron chi connectivity index (χ1n) is 7.24. The van der Waals surface area contributed by atoms with E-state index in [1.54, 1.807) is 12.1 Å². The number of aromatic amines is 1. The summed E-state index contributed by atoms with van der Waals surface area (Å²) < 4.78 is 13.5. The molecule has 0 aliphatic carbocycles. The van der Waals surface area contributed by atoms with Crippen molar-refractivity contribution in [1.82, 2.24) is 4.98 Å². The zero-order valence-electron chi connectivity index (χ0n) is 12.2. The van der Waals surface area contributed by atoms with Gasteiger partial charge in [-0.2, -0.15) is 0 Å². The highest BCUT2D eigenvalue weighted by molar-refractivity contribution is 6.10. The molecule has 0 bridgehead atoms. The summed E-state index contributed by atoms with van der Waals surface area (Å²) in [5, 5.41) is 5.18. The number of anilines is 1. The number of halogens is 1. The molecule has 0 unspecified atom stereocenters.